The minimum atomic E-state index is -0.492. The first-order valence-corrected chi connectivity index (χ1v) is 7.61. The molecule has 1 aliphatic heterocycles. The zero-order valence-corrected chi connectivity index (χ0v) is 12.1. The van der Waals surface area contributed by atoms with Gasteiger partial charge in [-0.1, -0.05) is 52.4 Å². The third kappa shape index (κ3) is 5.71. The summed E-state index contributed by atoms with van der Waals surface area (Å²) in [7, 11) is 0. The average molecular weight is 254 g/mol. The van der Waals surface area contributed by atoms with Gasteiger partial charge in [-0.15, -0.1) is 0 Å². The molecule has 0 saturated carbocycles. The third-order valence-electron chi connectivity index (χ3n) is 3.45. The first kappa shape index (κ1) is 15.3. The van der Waals surface area contributed by atoms with Crippen LogP contribution >= 0.6 is 0 Å². The van der Waals surface area contributed by atoms with Gasteiger partial charge in [-0.25, -0.2) is 0 Å². The Hall–Kier alpha value is -0.770. The van der Waals surface area contributed by atoms with E-state index in [1.807, 2.05) is 0 Å². The van der Waals surface area contributed by atoms with Gasteiger partial charge >= 0.3 is 0 Å². The first-order valence-electron chi connectivity index (χ1n) is 7.61. The molecule has 0 radical (unpaired) electrons. The normalized spacial score (nSPS) is 22.5. The van der Waals surface area contributed by atoms with Crippen LogP contribution in [0.1, 0.15) is 78.1 Å². The van der Waals surface area contributed by atoms with E-state index in [-0.39, 0.29) is 0 Å². The van der Waals surface area contributed by atoms with Crippen molar-refractivity contribution in [3.63, 3.8) is 0 Å². The zero-order valence-electron chi connectivity index (χ0n) is 12.1. The van der Waals surface area contributed by atoms with E-state index in [0.29, 0.717) is 0 Å². The van der Waals surface area contributed by atoms with Crippen molar-refractivity contribution in [2.24, 2.45) is 10.8 Å². The van der Waals surface area contributed by atoms with Crippen molar-refractivity contribution >= 4 is 5.84 Å². The molecule has 0 bridgehead atoms. The van der Waals surface area contributed by atoms with Gasteiger partial charge in [0.2, 0.25) is 0 Å². The molecular formula is C14H30N4. The molecule has 1 aliphatic rings. The SMILES string of the molecule is CCCCCCC1=NNC(N)(CCCCCC)N1. The van der Waals surface area contributed by atoms with E-state index in [0.717, 1.165) is 25.1 Å². The van der Waals surface area contributed by atoms with Crippen LogP contribution in [0.15, 0.2) is 5.10 Å². The Morgan fingerprint density at radius 1 is 1.00 bits per heavy atom. The molecule has 4 nitrogen and oxygen atoms in total. The van der Waals surface area contributed by atoms with Crippen LogP contribution in [0.5, 0.6) is 0 Å². The monoisotopic (exact) mass is 254 g/mol. The van der Waals surface area contributed by atoms with Gasteiger partial charge in [-0.05, 0) is 12.8 Å². The van der Waals surface area contributed by atoms with Crippen molar-refractivity contribution < 1.29 is 0 Å². The summed E-state index contributed by atoms with van der Waals surface area (Å²) in [6.45, 7) is 4.45. The van der Waals surface area contributed by atoms with Gasteiger partial charge < -0.3 is 5.32 Å². The zero-order chi connectivity index (χ0) is 13.3. The van der Waals surface area contributed by atoms with Gasteiger partial charge in [0.1, 0.15) is 5.84 Å². The number of nitrogens with zero attached hydrogens (tertiary/aromatic N) is 1. The summed E-state index contributed by atoms with van der Waals surface area (Å²) >= 11 is 0. The van der Waals surface area contributed by atoms with Gasteiger partial charge in [0.25, 0.3) is 0 Å². The minimum absolute atomic E-state index is 0.492. The first-order chi connectivity index (χ1) is 8.70. The summed E-state index contributed by atoms with van der Waals surface area (Å²) < 4.78 is 0. The molecule has 1 unspecified atom stereocenters. The van der Waals surface area contributed by atoms with E-state index in [1.54, 1.807) is 0 Å². The number of nitrogens with one attached hydrogen (secondary N) is 2. The Morgan fingerprint density at radius 3 is 2.33 bits per heavy atom. The lowest BCUT2D eigenvalue weighted by Gasteiger charge is -2.24. The topological polar surface area (TPSA) is 62.4 Å². The van der Waals surface area contributed by atoms with Crippen LogP contribution in [0.2, 0.25) is 0 Å². The molecule has 0 aromatic heterocycles. The summed E-state index contributed by atoms with van der Waals surface area (Å²) in [5.74, 6) is 0.539. The smallest absolute Gasteiger partial charge is 0.177 e. The molecule has 0 aliphatic carbocycles. The molecular weight excluding hydrogens is 224 g/mol. The molecule has 1 rings (SSSR count). The highest BCUT2D eigenvalue weighted by Crippen LogP contribution is 2.13. The summed E-state index contributed by atoms with van der Waals surface area (Å²) in [5.41, 5.74) is 9.28. The predicted octanol–water partition coefficient (Wildman–Crippen LogP) is 3.05. The second-order valence-electron chi connectivity index (χ2n) is 5.39. The Balaban J connectivity index is 2.12. The quantitative estimate of drug-likeness (QED) is 0.525. The van der Waals surface area contributed by atoms with Crippen LogP contribution in [0.3, 0.4) is 0 Å². The molecule has 0 aromatic carbocycles. The van der Waals surface area contributed by atoms with Gasteiger partial charge in [0, 0.05) is 12.8 Å². The summed E-state index contributed by atoms with van der Waals surface area (Å²) in [6, 6.07) is 0. The fraction of sp³-hybridized carbons (Fsp3) is 0.929. The maximum absolute atomic E-state index is 6.23. The fourth-order valence-corrected chi connectivity index (χ4v) is 2.27. The van der Waals surface area contributed by atoms with E-state index < -0.39 is 5.79 Å². The molecule has 4 N–H and O–H groups in total. The van der Waals surface area contributed by atoms with Crippen molar-refractivity contribution in [2.75, 3.05) is 0 Å². The number of hydrogen-bond acceptors (Lipinski definition) is 4. The van der Waals surface area contributed by atoms with Crippen molar-refractivity contribution in [3.05, 3.63) is 0 Å². The molecule has 0 aromatic rings. The minimum Gasteiger partial charge on any atom is -0.336 e. The van der Waals surface area contributed by atoms with E-state index in [2.05, 4.69) is 29.7 Å². The van der Waals surface area contributed by atoms with E-state index in [9.17, 15) is 0 Å². The maximum Gasteiger partial charge on any atom is 0.177 e. The standard InChI is InChI=1S/C14H30N4/c1-3-5-7-9-11-13-16-14(15,18-17-13)12-10-8-6-4-2/h18H,3-12,15H2,1-2H3,(H,16,17). The lowest BCUT2D eigenvalue weighted by molar-refractivity contribution is 0.305. The van der Waals surface area contributed by atoms with Crippen LogP contribution in [0.25, 0.3) is 0 Å². The van der Waals surface area contributed by atoms with Crippen LogP contribution in [-0.2, 0) is 0 Å². The molecule has 1 heterocycles. The highest BCUT2D eigenvalue weighted by Gasteiger charge is 2.29. The van der Waals surface area contributed by atoms with Crippen LogP contribution in [0.4, 0.5) is 0 Å². The Morgan fingerprint density at radius 2 is 1.67 bits per heavy atom. The second kappa shape index (κ2) is 8.35. The summed E-state index contributed by atoms with van der Waals surface area (Å²) in [5, 5.41) is 7.65. The number of nitrogens with two attached hydrogens (primary N) is 1. The maximum atomic E-state index is 6.23. The third-order valence-corrected chi connectivity index (χ3v) is 3.45. The number of hydrogen-bond donors (Lipinski definition) is 3. The Labute approximate surface area is 112 Å². The molecule has 0 saturated heterocycles. The van der Waals surface area contributed by atoms with Crippen LogP contribution < -0.4 is 16.5 Å². The van der Waals surface area contributed by atoms with Gasteiger partial charge in [-0.3, -0.25) is 11.2 Å². The van der Waals surface area contributed by atoms with Crippen LogP contribution in [0, 0.1) is 0 Å². The highest BCUT2D eigenvalue weighted by molar-refractivity contribution is 5.83. The average Bonchev–Trinajstić information content (AvgIpc) is 2.73. The van der Waals surface area contributed by atoms with Gasteiger partial charge in [0.15, 0.2) is 5.79 Å². The second-order valence-corrected chi connectivity index (χ2v) is 5.39. The van der Waals surface area contributed by atoms with Crippen molar-refractivity contribution in [1.82, 2.24) is 10.7 Å². The van der Waals surface area contributed by atoms with Crippen molar-refractivity contribution in [3.8, 4) is 0 Å². The molecule has 0 amide bonds. The molecule has 4 heteroatoms. The van der Waals surface area contributed by atoms with Crippen LogP contribution in [-0.4, -0.2) is 11.6 Å². The number of amidine groups is 1. The highest BCUT2D eigenvalue weighted by atomic mass is 15.5. The van der Waals surface area contributed by atoms with E-state index in [1.165, 1.54) is 44.9 Å². The molecule has 1 atom stereocenters. The number of hydrazone groups is 1. The van der Waals surface area contributed by atoms with Gasteiger partial charge in [0.05, 0.1) is 0 Å². The van der Waals surface area contributed by atoms with E-state index in [4.69, 9.17) is 5.73 Å². The van der Waals surface area contributed by atoms with Gasteiger partial charge in [-0.2, -0.15) is 5.10 Å². The summed E-state index contributed by atoms with van der Waals surface area (Å²) in [4.78, 5) is 0. The Bertz CT molecular complexity index is 252. The largest absolute Gasteiger partial charge is 0.336 e. The number of rotatable bonds is 10. The Kier molecular flexibility index (Phi) is 7.09. The molecule has 0 spiro atoms. The molecule has 18 heavy (non-hydrogen) atoms. The van der Waals surface area contributed by atoms with E-state index >= 15 is 0 Å². The molecule has 106 valence electrons. The summed E-state index contributed by atoms with van der Waals surface area (Å²) in [6.07, 6.45) is 12.0. The number of unbranched alkanes of at least 4 members (excludes halogenated alkanes) is 6. The lowest BCUT2D eigenvalue weighted by atomic mass is 10.1. The lowest BCUT2D eigenvalue weighted by Crippen LogP contribution is -2.59. The van der Waals surface area contributed by atoms with Crippen molar-refractivity contribution in [1.29, 1.82) is 0 Å². The fourth-order valence-electron chi connectivity index (χ4n) is 2.27. The molecule has 0 fully saturated rings. The van der Waals surface area contributed by atoms with Crippen molar-refractivity contribution in [2.45, 2.75) is 83.8 Å². The predicted molar refractivity (Wildman–Crippen MR) is 78.1 cm³/mol.